The molecule has 0 saturated carbocycles. The largest absolute Gasteiger partial charge is 0.479 e. The van der Waals surface area contributed by atoms with E-state index in [1.165, 1.54) is 37.1 Å². The van der Waals surface area contributed by atoms with Crippen LogP contribution in [-0.4, -0.2) is 31.7 Å². The van der Waals surface area contributed by atoms with Gasteiger partial charge >= 0.3 is 5.97 Å². The molecule has 0 aliphatic heterocycles. The summed E-state index contributed by atoms with van der Waals surface area (Å²) in [4.78, 5) is 27.2. The first-order valence-corrected chi connectivity index (χ1v) is 6.33. The highest BCUT2D eigenvalue weighted by molar-refractivity contribution is 6.03. The molecule has 0 atom stereocenters. The Morgan fingerprint density at radius 3 is 2.57 bits per heavy atom. The number of hydrogen-bond donors (Lipinski definition) is 2. The van der Waals surface area contributed by atoms with Gasteiger partial charge in [-0.1, -0.05) is 0 Å². The van der Waals surface area contributed by atoms with Gasteiger partial charge < -0.3 is 10.4 Å². The van der Waals surface area contributed by atoms with E-state index in [0.29, 0.717) is 11.3 Å². The summed E-state index contributed by atoms with van der Waals surface area (Å²) >= 11 is 0. The van der Waals surface area contributed by atoms with Crippen molar-refractivity contribution < 1.29 is 14.7 Å². The van der Waals surface area contributed by atoms with Gasteiger partial charge in [-0.15, -0.1) is 0 Å². The zero-order valence-electron chi connectivity index (χ0n) is 12.0. The highest BCUT2D eigenvalue weighted by Gasteiger charge is 2.30. The van der Waals surface area contributed by atoms with Gasteiger partial charge in [0.2, 0.25) is 0 Å². The zero-order valence-corrected chi connectivity index (χ0v) is 12.0. The van der Waals surface area contributed by atoms with Gasteiger partial charge in [0.05, 0.1) is 17.4 Å². The fourth-order valence-electron chi connectivity index (χ4n) is 1.60. The van der Waals surface area contributed by atoms with Crippen LogP contribution in [0.2, 0.25) is 0 Å². The first-order valence-electron chi connectivity index (χ1n) is 6.33. The minimum Gasteiger partial charge on any atom is -0.479 e. The maximum atomic E-state index is 12.0. The molecule has 21 heavy (non-hydrogen) atoms. The fraction of sp³-hybridized carbons (Fsp3) is 0.286. The van der Waals surface area contributed by atoms with E-state index in [2.05, 4.69) is 15.4 Å². The normalized spacial score (nSPS) is 11.2. The van der Waals surface area contributed by atoms with Crippen molar-refractivity contribution in [2.45, 2.75) is 26.3 Å². The van der Waals surface area contributed by atoms with Crippen LogP contribution in [0.15, 0.2) is 30.7 Å². The van der Waals surface area contributed by atoms with Crippen LogP contribution in [0, 0.1) is 6.92 Å². The summed E-state index contributed by atoms with van der Waals surface area (Å²) in [6.07, 6.45) is 4.37. The van der Waals surface area contributed by atoms with Crippen molar-refractivity contribution in [2.24, 2.45) is 0 Å². The highest BCUT2D eigenvalue weighted by atomic mass is 16.4. The first kappa shape index (κ1) is 14.7. The molecule has 2 heterocycles. The Bertz CT molecular complexity index is 674. The molecule has 2 N–H and O–H groups in total. The molecule has 0 saturated heterocycles. The number of hydrogen-bond acceptors (Lipinski definition) is 4. The molecule has 7 heteroatoms. The second-order valence-corrected chi connectivity index (χ2v) is 5.18. The van der Waals surface area contributed by atoms with E-state index in [4.69, 9.17) is 5.11 Å². The molecule has 0 fully saturated rings. The number of aryl methyl sites for hydroxylation is 1. The van der Waals surface area contributed by atoms with Crippen LogP contribution in [0.3, 0.4) is 0 Å². The van der Waals surface area contributed by atoms with Gasteiger partial charge in [-0.25, -0.2) is 4.79 Å². The Morgan fingerprint density at radius 1 is 1.29 bits per heavy atom. The molecule has 110 valence electrons. The maximum absolute atomic E-state index is 12.0. The SMILES string of the molecule is Cc1ccc(C(=O)Nc2cnn(C(C)(C)C(=O)O)c2)cn1. The second-order valence-electron chi connectivity index (χ2n) is 5.18. The number of anilines is 1. The lowest BCUT2D eigenvalue weighted by molar-refractivity contribution is -0.146. The molecule has 2 aromatic rings. The fourth-order valence-corrected chi connectivity index (χ4v) is 1.60. The van der Waals surface area contributed by atoms with E-state index in [1.807, 2.05) is 6.92 Å². The Balaban J connectivity index is 2.14. The van der Waals surface area contributed by atoms with Gasteiger partial charge in [0.1, 0.15) is 0 Å². The van der Waals surface area contributed by atoms with E-state index in [9.17, 15) is 9.59 Å². The number of nitrogens with one attached hydrogen (secondary N) is 1. The number of carboxylic acid groups (broad SMARTS) is 1. The summed E-state index contributed by atoms with van der Waals surface area (Å²) in [5.41, 5.74) is 0.484. The van der Waals surface area contributed by atoms with Crippen molar-refractivity contribution in [3.63, 3.8) is 0 Å². The quantitative estimate of drug-likeness (QED) is 0.891. The lowest BCUT2D eigenvalue weighted by Gasteiger charge is -2.19. The van der Waals surface area contributed by atoms with Gasteiger partial charge in [-0.2, -0.15) is 5.10 Å². The third-order valence-corrected chi connectivity index (χ3v) is 3.11. The van der Waals surface area contributed by atoms with Crippen molar-refractivity contribution in [3.8, 4) is 0 Å². The van der Waals surface area contributed by atoms with Crippen molar-refractivity contribution in [1.29, 1.82) is 0 Å². The van der Waals surface area contributed by atoms with Crippen molar-refractivity contribution >= 4 is 17.6 Å². The standard InChI is InChI=1S/C14H16N4O3/c1-9-4-5-10(6-15-9)12(19)17-11-7-16-18(8-11)14(2,3)13(20)21/h4-8H,1-3H3,(H,17,19)(H,20,21). The molecule has 2 aromatic heterocycles. The van der Waals surface area contributed by atoms with E-state index >= 15 is 0 Å². The number of amides is 1. The summed E-state index contributed by atoms with van der Waals surface area (Å²) in [7, 11) is 0. The Labute approximate surface area is 121 Å². The molecule has 7 nitrogen and oxygen atoms in total. The summed E-state index contributed by atoms with van der Waals surface area (Å²) in [5.74, 6) is -1.33. The van der Waals surface area contributed by atoms with Crippen molar-refractivity contribution in [2.75, 3.05) is 5.32 Å². The van der Waals surface area contributed by atoms with Crippen LogP contribution in [0.5, 0.6) is 0 Å². The van der Waals surface area contributed by atoms with E-state index in [-0.39, 0.29) is 5.91 Å². The van der Waals surface area contributed by atoms with Gasteiger partial charge in [-0.3, -0.25) is 14.5 Å². The van der Waals surface area contributed by atoms with Gasteiger partial charge in [0, 0.05) is 18.1 Å². The number of pyridine rings is 1. The second kappa shape index (κ2) is 5.35. The number of aromatic nitrogens is 3. The molecule has 2 rings (SSSR count). The minimum absolute atomic E-state index is 0.324. The third kappa shape index (κ3) is 3.07. The Kier molecular flexibility index (Phi) is 3.75. The lowest BCUT2D eigenvalue weighted by atomic mass is 10.1. The Hall–Kier alpha value is -2.70. The van der Waals surface area contributed by atoms with Crippen LogP contribution in [-0.2, 0) is 10.3 Å². The summed E-state index contributed by atoms with van der Waals surface area (Å²) in [5, 5.41) is 15.8. The summed E-state index contributed by atoms with van der Waals surface area (Å²) in [6, 6.07) is 3.41. The van der Waals surface area contributed by atoms with Crippen LogP contribution in [0.4, 0.5) is 5.69 Å². The van der Waals surface area contributed by atoms with Crippen LogP contribution in [0.1, 0.15) is 29.9 Å². The monoisotopic (exact) mass is 288 g/mol. The first-order chi connectivity index (χ1) is 9.80. The van der Waals surface area contributed by atoms with Crippen molar-refractivity contribution in [3.05, 3.63) is 42.0 Å². The van der Waals surface area contributed by atoms with Gasteiger partial charge in [0.25, 0.3) is 5.91 Å². The molecular weight excluding hydrogens is 272 g/mol. The molecule has 0 aliphatic rings. The molecule has 0 unspecified atom stereocenters. The minimum atomic E-state index is -1.19. The van der Waals surface area contributed by atoms with Crippen LogP contribution < -0.4 is 5.32 Å². The zero-order chi connectivity index (χ0) is 15.6. The molecule has 0 aromatic carbocycles. The molecule has 1 amide bonds. The third-order valence-electron chi connectivity index (χ3n) is 3.11. The predicted molar refractivity (Wildman–Crippen MR) is 76.1 cm³/mol. The number of rotatable bonds is 4. The molecule has 0 radical (unpaired) electrons. The van der Waals surface area contributed by atoms with Gasteiger partial charge in [-0.05, 0) is 32.9 Å². The maximum Gasteiger partial charge on any atom is 0.331 e. The van der Waals surface area contributed by atoms with Crippen LogP contribution in [0.25, 0.3) is 0 Å². The van der Waals surface area contributed by atoms with E-state index in [0.717, 1.165) is 5.69 Å². The lowest BCUT2D eigenvalue weighted by Crippen LogP contribution is -2.35. The molecule has 0 aliphatic carbocycles. The summed E-state index contributed by atoms with van der Waals surface area (Å²) < 4.78 is 1.29. The predicted octanol–water partition coefficient (Wildman–Crippen LogP) is 1.66. The van der Waals surface area contributed by atoms with E-state index < -0.39 is 11.5 Å². The average molecular weight is 288 g/mol. The molecular formula is C14H16N4O3. The molecule has 0 spiro atoms. The number of carboxylic acids is 1. The number of carbonyl (C=O) groups is 2. The average Bonchev–Trinajstić information content (AvgIpc) is 2.88. The number of aliphatic carboxylic acids is 1. The highest BCUT2D eigenvalue weighted by Crippen LogP contribution is 2.17. The van der Waals surface area contributed by atoms with E-state index in [1.54, 1.807) is 12.1 Å². The van der Waals surface area contributed by atoms with Gasteiger partial charge in [0.15, 0.2) is 5.54 Å². The number of nitrogens with zero attached hydrogens (tertiary/aromatic N) is 3. The molecule has 0 bridgehead atoms. The van der Waals surface area contributed by atoms with Crippen LogP contribution >= 0.6 is 0 Å². The number of carbonyl (C=O) groups excluding carboxylic acids is 1. The van der Waals surface area contributed by atoms with Crippen molar-refractivity contribution in [1.82, 2.24) is 14.8 Å². The topological polar surface area (TPSA) is 97.1 Å². The smallest absolute Gasteiger partial charge is 0.331 e. The summed E-state index contributed by atoms with van der Waals surface area (Å²) in [6.45, 7) is 4.88. The Morgan fingerprint density at radius 2 is 2.00 bits per heavy atom.